The molecule has 0 radical (unpaired) electrons. The Kier molecular flexibility index (Phi) is 3.58. The molecule has 20 heavy (non-hydrogen) atoms. The normalized spacial score (nSPS) is 11.2. The summed E-state index contributed by atoms with van der Waals surface area (Å²) >= 11 is 6.84. The van der Waals surface area contributed by atoms with Gasteiger partial charge in [0.05, 0.1) is 11.1 Å². The first kappa shape index (κ1) is 13.0. The van der Waals surface area contributed by atoms with E-state index in [9.17, 15) is 0 Å². The van der Waals surface area contributed by atoms with Crippen LogP contribution in [0.25, 0.3) is 10.7 Å². The van der Waals surface area contributed by atoms with Gasteiger partial charge >= 0.3 is 0 Å². The molecular weight excluding hydrogens is 288 g/mol. The molecule has 0 atom stereocenters. The number of nitrogens with one attached hydrogen (secondary N) is 1. The maximum atomic E-state index is 5.23. The third-order valence-corrected chi connectivity index (χ3v) is 4.02. The number of H-pyrrole nitrogens is 1. The summed E-state index contributed by atoms with van der Waals surface area (Å²) in [5, 5.41) is 13.5. The van der Waals surface area contributed by atoms with E-state index in [1.54, 1.807) is 22.2 Å². The molecule has 100 valence electrons. The fourth-order valence-corrected chi connectivity index (χ4v) is 2.69. The molecule has 2 aromatic heterocycles. The molecule has 0 bridgehead atoms. The number of nitrogens with zero attached hydrogens (tertiary/aromatic N) is 3. The zero-order chi connectivity index (χ0) is 13.9. The second-order valence-corrected chi connectivity index (χ2v) is 5.58. The number of hydrogen-bond donors (Lipinski definition) is 1. The number of aryl methyl sites for hydroxylation is 1. The number of hydrogen-bond acceptors (Lipinski definition) is 4. The molecule has 4 nitrogen and oxygen atoms in total. The van der Waals surface area contributed by atoms with Gasteiger partial charge in [-0.25, -0.2) is 5.10 Å². The van der Waals surface area contributed by atoms with Crippen LogP contribution in [0, 0.1) is 11.7 Å². The largest absolute Gasteiger partial charge is 0.250 e. The Morgan fingerprint density at radius 1 is 1.30 bits per heavy atom. The molecule has 1 aromatic carbocycles. The molecule has 6 heteroatoms. The number of aromatic amines is 1. The van der Waals surface area contributed by atoms with E-state index >= 15 is 0 Å². The summed E-state index contributed by atoms with van der Waals surface area (Å²) in [6.45, 7) is 2.05. The summed E-state index contributed by atoms with van der Waals surface area (Å²) < 4.78 is 2.13. The maximum absolute atomic E-state index is 5.23. The monoisotopic (exact) mass is 300 g/mol. The standard InChI is InChI=1S/C14H12N4S2/c1-10-5-2-3-6-11(10)9-15-18-13(16-17-14(18)19)12-7-4-8-20-12/h2-9H,1H3,(H,17,19)/b15-9-. The third kappa shape index (κ3) is 2.48. The van der Waals surface area contributed by atoms with Crippen LogP contribution in [0.2, 0.25) is 0 Å². The van der Waals surface area contributed by atoms with Crippen molar-refractivity contribution in [1.29, 1.82) is 0 Å². The van der Waals surface area contributed by atoms with Crippen molar-refractivity contribution >= 4 is 29.8 Å². The number of benzene rings is 1. The molecular formula is C14H12N4S2. The van der Waals surface area contributed by atoms with Gasteiger partial charge in [0.1, 0.15) is 0 Å². The van der Waals surface area contributed by atoms with Crippen LogP contribution in [0.5, 0.6) is 0 Å². The molecule has 0 spiro atoms. The highest BCUT2D eigenvalue weighted by Gasteiger charge is 2.08. The summed E-state index contributed by atoms with van der Waals surface area (Å²) in [6.07, 6.45) is 1.80. The lowest BCUT2D eigenvalue weighted by Crippen LogP contribution is -1.94. The van der Waals surface area contributed by atoms with Crippen LogP contribution in [0.4, 0.5) is 0 Å². The van der Waals surface area contributed by atoms with Crippen LogP contribution in [0.15, 0.2) is 46.9 Å². The van der Waals surface area contributed by atoms with Crippen LogP contribution >= 0.6 is 23.6 Å². The van der Waals surface area contributed by atoms with Crippen molar-refractivity contribution in [1.82, 2.24) is 14.9 Å². The van der Waals surface area contributed by atoms with Crippen LogP contribution in [0.1, 0.15) is 11.1 Å². The van der Waals surface area contributed by atoms with Crippen LogP contribution in [0.3, 0.4) is 0 Å². The summed E-state index contributed by atoms with van der Waals surface area (Å²) in [6, 6.07) is 12.0. The SMILES string of the molecule is Cc1ccccc1/C=N\n1c(-c2cccs2)n[nH]c1=S. The molecule has 2 heterocycles. The molecule has 3 aromatic rings. The zero-order valence-corrected chi connectivity index (χ0v) is 12.4. The highest BCUT2D eigenvalue weighted by molar-refractivity contribution is 7.71. The van der Waals surface area contributed by atoms with Gasteiger partial charge in [-0.3, -0.25) is 0 Å². The van der Waals surface area contributed by atoms with Gasteiger partial charge in [-0.2, -0.15) is 14.9 Å². The predicted molar refractivity (Wildman–Crippen MR) is 84.9 cm³/mol. The Bertz CT molecular complexity index is 797. The number of rotatable bonds is 3. The quantitative estimate of drug-likeness (QED) is 0.590. The van der Waals surface area contributed by atoms with Crippen molar-refractivity contribution in [3.05, 3.63) is 57.7 Å². The van der Waals surface area contributed by atoms with E-state index in [1.165, 1.54) is 5.56 Å². The average molecular weight is 300 g/mol. The molecule has 0 saturated carbocycles. The van der Waals surface area contributed by atoms with E-state index in [4.69, 9.17) is 12.2 Å². The predicted octanol–water partition coefficient (Wildman–Crippen LogP) is 3.86. The lowest BCUT2D eigenvalue weighted by molar-refractivity contribution is 0.873. The molecule has 0 aliphatic rings. The molecule has 3 rings (SSSR count). The summed E-state index contributed by atoms with van der Waals surface area (Å²) in [4.78, 5) is 1.03. The van der Waals surface area contributed by atoms with Gasteiger partial charge in [-0.15, -0.1) is 11.3 Å². The van der Waals surface area contributed by atoms with E-state index < -0.39 is 0 Å². The molecule has 0 unspecified atom stereocenters. The van der Waals surface area contributed by atoms with E-state index in [0.717, 1.165) is 16.3 Å². The molecule has 0 saturated heterocycles. The van der Waals surface area contributed by atoms with Crippen molar-refractivity contribution in [3.63, 3.8) is 0 Å². The molecule has 0 amide bonds. The molecule has 0 fully saturated rings. The van der Waals surface area contributed by atoms with Crippen LogP contribution < -0.4 is 0 Å². The van der Waals surface area contributed by atoms with Gasteiger partial charge in [0.2, 0.25) is 4.77 Å². The van der Waals surface area contributed by atoms with Crippen LogP contribution in [-0.4, -0.2) is 21.1 Å². The molecule has 1 N–H and O–H groups in total. The van der Waals surface area contributed by atoms with Gasteiger partial charge < -0.3 is 0 Å². The second-order valence-electron chi connectivity index (χ2n) is 4.24. The van der Waals surface area contributed by atoms with Crippen molar-refractivity contribution in [2.45, 2.75) is 6.92 Å². The highest BCUT2D eigenvalue weighted by atomic mass is 32.1. The number of thiophene rings is 1. The minimum Gasteiger partial charge on any atom is -0.250 e. The summed E-state index contributed by atoms with van der Waals surface area (Å²) in [5.74, 6) is 0.731. The fraction of sp³-hybridized carbons (Fsp3) is 0.0714. The van der Waals surface area contributed by atoms with Gasteiger partial charge in [-0.05, 0) is 41.7 Å². The third-order valence-electron chi connectivity index (χ3n) is 2.89. The summed E-state index contributed by atoms with van der Waals surface area (Å²) in [7, 11) is 0. The first-order chi connectivity index (χ1) is 9.75. The smallest absolute Gasteiger partial charge is 0.216 e. The van der Waals surface area contributed by atoms with Crippen LogP contribution in [-0.2, 0) is 0 Å². The number of aromatic nitrogens is 3. The van der Waals surface area contributed by atoms with E-state index in [-0.39, 0.29) is 0 Å². The minimum absolute atomic E-state index is 0.484. The molecule has 0 aliphatic heterocycles. The van der Waals surface area contributed by atoms with Crippen molar-refractivity contribution in [3.8, 4) is 10.7 Å². The van der Waals surface area contributed by atoms with E-state index in [1.807, 2.05) is 35.7 Å². The topological polar surface area (TPSA) is 46.0 Å². The maximum Gasteiger partial charge on any atom is 0.216 e. The Hall–Kier alpha value is -2.05. The first-order valence-electron chi connectivity index (χ1n) is 6.07. The molecule has 0 aliphatic carbocycles. The van der Waals surface area contributed by atoms with Gasteiger partial charge in [0, 0.05) is 0 Å². The summed E-state index contributed by atoms with van der Waals surface area (Å²) in [5.41, 5.74) is 2.23. The van der Waals surface area contributed by atoms with E-state index in [2.05, 4.69) is 28.3 Å². The second kappa shape index (κ2) is 5.52. The Morgan fingerprint density at radius 3 is 2.90 bits per heavy atom. The first-order valence-corrected chi connectivity index (χ1v) is 7.36. The van der Waals surface area contributed by atoms with Crippen molar-refractivity contribution < 1.29 is 0 Å². The lowest BCUT2D eigenvalue weighted by atomic mass is 10.1. The Balaban J connectivity index is 2.02. The highest BCUT2D eigenvalue weighted by Crippen LogP contribution is 2.22. The van der Waals surface area contributed by atoms with Gasteiger partial charge in [0.15, 0.2) is 5.82 Å². The fourth-order valence-electron chi connectivity index (χ4n) is 1.82. The lowest BCUT2D eigenvalue weighted by Gasteiger charge is -2.00. The van der Waals surface area contributed by atoms with Crippen molar-refractivity contribution in [2.24, 2.45) is 5.10 Å². The zero-order valence-electron chi connectivity index (χ0n) is 10.8. The Morgan fingerprint density at radius 2 is 2.15 bits per heavy atom. The average Bonchev–Trinajstić information content (AvgIpc) is 3.08. The van der Waals surface area contributed by atoms with E-state index in [0.29, 0.717) is 4.77 Å². The Labute approximate surface area is 125 Å². The minimum atomic E-state index is 0.484. The van der Waals surface area contributed by atoms with Gasteiger partial charge in [-0.1, -0.05) is 30.3 Å². The van der Waals surface area contributed by atoms with Gasteiger partial charge in [0.25, 0.3) is 0 Å². The van der Waals surface area contributed by atoms with Crippen molar-refractivity contribution in [2.75, 3.05) is 0 Å².